The number of rotatable bonds is 3. The number of hydrogen-bond donors (Lipinski definition) is 2. The molecule has 1 aromatic heterocycles. The third kappa shape index (κ3) is 2.40. The maximum Gasteiger partial charge on any atom is 0.155 e. The largest absolute Gasteiger partial charge is 0.397 e. The van der Waals surface area contributed by atoms with Gasteiger partial charge in [-0.15, -0.1) is 0 Å². The van der Waals surface area contributed by atoms with Gasteiger partial charge in [-0.05, 0) is 12.1 Å². The lowest BCUT2D eigenvalue weighted by Gasteiger charge is -2.09. The van der Waals surface area contributed by atoms with Crippen molar-refractivity contribution in [3.63, 3.8) is 0 Å². The number of nitrogens with one attached hydrogen (secondary N) is 1. The number of halogens is 2. The van der Waals surface area contributed by atoms with Crippen molar-refractivity contribution in [2.45, 2.75) is 6.54 Å². The molecule has 2 rings (SSSR count). The Kier molecular flexibility index (Phi) is 3.22. The minimum absolute atomic E-state index is 0.435. The Labute approximate surface area is 102 Å². The first-order valence-electron chi connectivity index (χ1n) is 4.55. The molecule has 2 aromatic rings. The quantitative estimate of drug-likeness (QED) is 0.830. The Morgan fingerprint density at radius 2 is 2.06 bits per heavy atom. The zero-order chi connectivity index (χ0) is 11.5. The Bertz CT molecular complexity index is 485. The Hall–Kier alpha value is -1.39. The van der Waals surface area contributed by atoms with Crippen molar-refractivity contribution in [1.82, 2.24) is 5.16 Å². The zero-order valence-corrected chi connectivity index (χ0v) is 9.72. The zero-order valence-electron chi connectivity index (χ0n) is 8.21. The number of nitrogens with two attached hydrogens (primary N) is 1. The SMILES string of the molecule is Nc1cc(Cl)c(Cl)cc1NCc1ccno1. The van der Waals surface area contributed by atoms with Gasteiger partial charge in [0.25, 0.3) is 0 Å². The monoisotopic (exact) mass is 257 g/mol. The lowest BCUT2D eigenvalue weighted by molar-refractivity contribution is 0.388. The molecule has 1 aromatic carbocycles. The summed E-state index contributed by atoms with van der Waals surface area (Å²) in [6.07, 6.45) is 1.58. The van der Waals surface area contributed by atoms with Gasteiger partial charge < -0.3 is 15.6 Å². The number of benzene rings is 1. The molecule has 6 heteroatoms. The molecule has 0 saturated heterocycles. The molecular weight excluding hydrogens is 249 g/mol. The summed E-state index contributed by atoms with van der Waals surface area (Å²) in [6.45, 7) is 0.488. The molecule has 84 valence electrons. The fraction of sp³-hybridized carbons (Fsp3) is 0.100. The van der Waals surface area contributed by atoms with Gasteiger partial charge in [-0.25, -0.2) is 0 Å². The fourth-order valence-corrected chi connectivity index (χ4v) is 1.57. The molecule has 0 aliphatic rings. The van der Waals surface area contributed by atoms with E-state index in [2.05, 4.69) is 10.5 Å². The second kappa shape index (κ2) is 4.63. The van der Waals surface area contributed by atoms with Gasteiger partial charge in [0, 0.05) is 6.07 Å². The maximum absolute atomic E-state index is 5.88. The van der Waals surface area contributed by atoms with Gasteiger partial charge in [0.1, 0.15) is 0 Å². The fourth-order valence-electron chi connectivity index (χ4n) is 1.23. The first-order chi connectivity index (χ1) is 7.66. The smallest absolute Gasteiger partial charge is 0.155 e. The molecule has 0 aliphatic heterocycles. The number of hydrogen-bond acceptors (Lipinski definition) is 4. The van der Waals surface area contributed by atoms with E-state index in [0.29, 0.717) is 33.7 Å². The van der Waals surface area contributed by atoms with Crippen LogP contribution in [0.2, 0.25) is 10.0 Å². The van der Waals surface area contributed by atoms with E-state index in [1.807, 2.05) is 0 Å². The molecule has 0 bridgehead atoms. The van der Waals surface area contributed by atoms with Crippen molar-refractivity contribution >= 4 is 34.6 Å². The topological polar surface area (TPSA) is 64.1 Å². The van der Waals surface area contributed by atoms with Crippen molar-refractivity contribution in [2.75, 3.05) is 11.1 Å². The Morgan fingerprint density at radius 3 is 2.75 bits per heavy atom. The van der Waals surface area contributed by atoms with E-state index in [-0.39, 0.29) is 0 Å². The number of nitrogens with zero attached hydrogens (tertiary/aromatic N) is 1. The van der Waals surface area contributed by atoms with Gasteiger partial charge in [0.05, 0.1) is 34.2 Å². The standard InChI is InChI=1S/C10H9Cl2N3O/c11-7-3-9(13)10(4-8(7)12)14-5-6-1-2-15-16-6/h1-4,14H,5,13H2. The van der Waals surface area contributed by atoms with Gasteiger partial charge in [0.15, 0.2) is 5.76 Å². The molecule has 0 spiro atoms. The van der Waals surface area contributed by atoms with Crippen molar-refractivity contribution in [3.8, 4) is 0 Å². The molecule has 16 heavy (non-hydrogen) atoms. The molecule has 0 amide bonds. The molecule has 0 atom stereocenters. The van der Waals surface area contributed by atoms with E-state index in [0.717, 1.165) is 0 Å². The van der Waals surface area contributed by atoms with E-state index in [4.69, 9.17) is 33.5 Å². The Morgan fingerprint density at radius 1 is 1.31 bits per heavy atom. The lowest BCUT2D eigenvalue weighted by Crippen LogP contribution is -2.01. The minimum Gasteiger partial charge on any atom is -0.397 e. The van der Waals surface area contributed by atoms with Crippen LogP contribution in [0.1, 0.15) is 5.76 Å². The highest BCUT2D eigenvalue weighted by molar-refractivity contribution is 6.42. The first-order valence-corrected chi connectivity index (χ1v) is 5.30. The molecular formula is C10H9Cl2N3O. The summed E-state index contributed by atoms with van der Waals surface area (Å²) >= 11 is 11.7. The predicted molar refractivity (Wildman–Crippen MR) is 64.7 cm³/mol. The molecule has 0 saturated carbocycles. The average Bonchev–Trinajstić information content (AvgIpc) is 2.74. The second-order valence-corrected chi connectivity index (χ2v) is 4.00. The molecule has 4 nitrogen and oxygen atoms in total. The van der Waals surface area contributed by atoms with E-state index < -0.39 is 0 Å². The van der Waals surface area contributed by atoms with Crippen LogP contribution >= 0.6 is 23.2 Å². The number of anilines is 2. The van der Waals surface area contributed by atoms with Gasteiger partial charge in [-0.2, -0.15) is 0 Å². The van der Waals surface area contributed by atoms with Crippen molar-refractivity contribution in [3.05, 3.63) is 40.2 Å². The molecule has 0 radical (unpaired) electrons. The van der Waals surface area contributed by atoms with Crippen LogP contribution in [-0.4, -0.2) is 5.16 Å². The van der Waals surface area contributed by atoms with Crippen molar-refractivity contribution in [1.29, 1.82) is 0 Å². The van der Waals surface area contributed by atoms with Crippen LogP contribution in [0.4, 0.5) is 11.4 Å². The van der Waals surface area contributed by atoms with Crippen LogP contribution in [0.25, 0.3) is 0 Å². The first kappa shape index (κ1) is 11.1. The minimum atomic E-state index is 0.435. The van der Waals surface area contributed by atoms with Crippen LogP contribution < -0.4 is 11.1 Å². The van der Waals surface area contributed by atoms with Crippen LogP contribution in [0.15, 0.2) is 28.9 Å². The predicted octanol–water partition coefficient (Wildman–Crippen LogP) is 3.18. The van der Waals surface area contributed by atoms with Crippen molar-refractivity contribution in [2.24, 2.45) is 0 Å². The third-order valence-electron chi connectivity index (χ3n) is 2.04. The van der Waals surface area contributed by atoms with Gasteiger partial charge in [0.2, 0.25) is 0 Å². The van der Waals surface area contributed by atoms with E-state index in [1.165, 1.54) is 0 Å². The highest BCUT2D eigenvalue weighted by atomic mass is 35.5. The highest BCUT2D eigenvalue weighted by Crippen LogP contribution is 2.30. The maximum atomic E-state index is 5.88. The summed E-state index contributed by atoms with van der Waals surface area (Å²) in [6, 6.07) is 5.04. The molecule has 0 unspecified atom stereocenters. The normalized spacial score (nSPS) is 10.4. The molecule has 3 N–H and O–H groups in total. The van der Waals surface area contributed by atoms with E-state index in [1.54, 1.807) is 24.4 Å². The number of nitrogen functional groups attached to an aromatic ring is 1. The summed E-state index contributed by atoms with van der Waals surface area (Å²) < 4.78 is 4.94. The number of aromatic nitrogens is 1. The average molecular weight is 258 g/mol. The van der Waals surface area contributed by atoms with Gasteiger partial charge in [-0.1, -0.05) is 28.4 Å². The summed E-state index contributed by atoms with van der Waals surface area (Å²) in [5.41, 5.74) is 7.03. The van der Waals surface area contributed by atoms with E-state index in [9.17, 15) is 0 Å². The van der Waals surface area contributed by atoms with E-state index >= 15 is 0 Å². The second-order valence-electron chi connectivity index (χ2n) is 3.19. The Balaban J connectivity index is 2.12. The van der Waals surface area contributed by atoms with Crippen LogP contribution in [0.5, 0.6) is 0 Å². The molecule has 1 heterocycles. The molecule has 0 fully saturated rings. The highest BCUT2D eigenvalue weighted by Gasteiger charge is 2.05. The van der Waals surface area contributed by atoms with Gasteiger partial charge >= 0.3 is 0 Å². The van der Waals surface area contributed by atoms with Crippen LogP contribution in [0, 0.1) is 0 Å². The third-order valence-corrected chi connectivity index (χ3v) is 2.76. The summed E-state index contributed by atoms with van der Waals surface area (Å²) in [4.78, 5) is 0. The summed E-state index contributed by atoms with van der Waals surface area (Å²) in [5.74, 6) is 0.713. The van der Waals surface area contributed by atoms with Crippen molar-refractivity contribution < 1.29 is 4.52 Å². The summed E-state index contributed by atoms with van der Waals surface area (Å²) in [7, 11) is 0. The summed E-state index contributed by atoms with van der Waals surface area (Å²) in [5, 5.41) is 7.57. The van der Waals surface area contributed by atoms with Gasteiger partial charge in [-0.3, -0.25) is 0 Å². The molecule has 0 aliphatic carbocycles. The van der Waals surface area contributed by atoms with Crippen LogP contribution in [0.3, 0.4) is 0 Å². The lowest BCUT2D eigenvalue weighted by atomic mass is 10.2. The van der Waals surface area contributed by atoms with Crippen LogP contribution in [-0.2, 0) is 6.54 Å².